The molecule has 1 amide bonds. The molecule has 0 aliphatic carbocycles. The first-order valence-corrected chi connectivity index (χ1v) is 8.02. The number of hydrogen-bond donors (Lipinski definition) is 1. The Morgan fingerprint density at radius 2 is 2.12 bits per heavy atom. The van der Waals surface area contributed by atoms with Gasteiger partial charge >= 0.3 is 0 Å². The number of carbonyl (C=O) groups is 1. The fourth-order valence-electron chi connectivity index (χ4n) is 2.81. The first kappa shape index (κ1) is 15.3. The van der Waals surface area contributed by atoms with Gasteiger partial charge in [0.2, 0.25) is 0 Å². The van der Waals surface area contributed by atoms with Gasteiger partial charge in [0.1, 0.15) is 25.0 Å². The fraction of sp³-hybridized carbons (Fsp3) is 0.222. The molecule has 0 bridgehead atoms. The van der Waals surface area contributed by atoms with Crippen LogP contribution < -0.4 is 14.8 Å². The molecule has 25 heavy (non-hydrogen) atoms. The number of carbonyl (C=O) groups excluding carboxylic acids is 1. The Morgan fingerprint density at radius 1 is 1.20 bits per heavy atom. The standard InChI is InChI=1S/C18H17N3O4/c22-18(13-4-1-5-16-17(13)25-11-10-24-16)19-12-14(15-6-2-9-23-15)21-8-3-7-20-21/h1-9,14H,10-12H2,(H,19,22). The highest BCUT2D eigenvalue weighted by Gasteiger charge is 2.22. The van der Waals surface area contributed by atoms with Crippen LogP contribution in [0.4, 0.5) is 0 Å². The van der Waals surface area contributed by atoms with Gasteiger partial charge in [0.25, 0.3) is 5.91 Å². The largest absolute Gasteiger partial charge is 0.486 e. The first-order valence-electron chi connectivity index (χ1n) is 8.02. The Morgan fingerprint density at radius 3 is 2.92 bits per heavy atom. The highest BCUT2D eigenvalue weighted by Crippen LogP contribution is 2.33. The Labute approximate surface area is 144 Å². The molecule has 1 atom stereocenters. The van der Waals surface area contributed by atoms with Crippen molar-refractivity contribution in [1.82, 2.24) is 15.1 Å². The Kier molecular flexibility index (Phi) is 4.12. The van der Waals surface area contributed by atoms with Crippen molar-refractivity contribution >= 4 is 5.91 Å². The van der Waals surface area contributed by atoms with E-state index in [9.17, 15) is 4.79 Å². The van der Waals surface area contributed by atoms with E-state index in [2.05, 4.69) is 10.4 Å². The van der Waals surface area contributed by atoms with Crippen molar-refractivity contribution in [3.63, 3.8) is 0 Å². The zero-order valence-electron chi connectivity index (χ0n) is 13.4. The zero-order valence-corrected chi connectivity index (χ0v) is 13.4. The highest BCUT2D eigenvalue weighted by atomic mass is 16.6. The third-order valence-corrected chi connectivity index (χ3v) is 3.98. The quantitative estimate of drug-likeness (QED) is 0.771. The van der Waals surface area contributed by atoms with Crippen molar-refractivity contribution in [3.8, 4) is 11.5 Å². The summed E-state index contributed by atoms with van der Waals surface area (Å²) in [6, 6.07) is 10.6. The van der Waals surface area contributed by atoms with E-state index in [-0.39, 0.29) is 11.9 Å². The van der Waals surface area contributed by atoms with Crippen molar-refractivity contribution in [2.75, 3.05) is 19.8 Å². The highest BCUT2D eigenvalue weighted by molar-refractivity contribution is 5.97. The van der Waals surface area contributed by atoms with Gasteiger partial charge in [0, 0.05) is 18.9 Å². The topological polar surface area (TPSA) is 78.5 Å². The number of ether oxygens (including phenoxy) is 2. The maximum absolute atomic E-state index is 12.7. The van der Waals surface area contributed by atoms with E-state index < -0.39 is 0 Å². The molecular weight excluding hydrogens is 322 g/mol. The second-order valence-electron chi connectivity index (χ2n) is 5.56. The molecule has 3 aromatic rings. The van der Waals surface area contributed by atoms with Crippen LogP contribution in [-0.2, 0) is 0 Å². The summed E-state index contributed by atoms with van der Waals surface area (Å²) in [5.74, 6) is 1.57. The molecule has 128 valence electrons. The number of aromatic nitrogens is 2. The summed E-state index contributed by atoms with van der Waals surface area (Å²) in [4.78, 5) is 12.7. The van der Waals surface area contributed by atoms with Crippen LogP contribution in [0, 0.1) is 0 Å². The number of nitrogens with zero attached hydrogens (tertiary/aromatic N) is 2. The summed E-state index contributed by atoms with van der Waals surface area (Å²) in [6.45, 7) is 1.25. The fourth-order valence-corrected chi connectivity index (χ4v) is 2.81. The Hall–Kier alpha value is -3.22. The minimum absolute atomic E-state index is 0.230. The number of rotatable bonds is 5. The van der Waals surface area contributed by atoms with Crippen LogP contribution in [0.3, 0.4) is 0 Å². The third kappa shape index (κ3) is 3.08. The lowest BCUT2D eigenvalue weighted by Gasteiger charge is -2.21. The molecule has 0 fully saturated rings. The molecule has 1 aromatic carbocycles. The normalized spacial score (nSPS) is 14.1. The lowest BCUT2D eigenvalue weighted by molar-refractivity contribution is 0.0937. The molecule has 7 nitrogen and oxygen atoms in total. The van der Waals surface area contributed by atoms with E-state index in [0.29, 0.717) is 36.8 Å². The second-order valence-corrected chi connectivity index (χ2v) is 5.56. The van der Waals surface area contributed by atoms with E-state index >= 15 is 0 Å². The van der Waals surface area contributed by atoms with Gasteiger partial charge in [-0.25, -0.2) is 0 Å². The zero-order chi connectivity index (χ0) is 17.1. The maximum atomic E-state index is 12.7. The van der Waals surface area contributed by atoms with Gasteiger partial charge in [0.15, 0.2) is 11.5 Å². The molecular formula is C18H17N3O4. The van der Waals surface area contributed by atoms with E-state index in [4.69, 9.17) is 13.9 Å². The average Bonchev–Trinajstić information content (AvgIpc) is 3.36. The predicted octanol–water partition coefficient (Wildman–Crippen LogP) is 2.27. The van der Waals surface area contributed by atoms with Gasteiger partial charge in [0.05, 0.1) is 11.8 Å². The minimum Gasteiger partial charge on any atom is -0.486 e. The minimum atomic E-state index is -0.231. The van der Waals surface area contributed by atoms with Crippen LogP contribution in [-0.4, -0.2) is 35.4 Å². The van der Waals surface area contributed by atoms with Crippen LogP contribution in [0.25, 0.3) is 0 Å². The number of benzene rings is 1. The number of para-hydroxylation sites is 1. The van der Waals surface area contributed by atoms with Gasteiger partial charge < -0.3 is 19.2 Å². The van der Waals surface area contributed by atoms with E-state index in [1.165, 1.54) is 0 Å². The third-order valence-electron chi connectivity index (χ3n) is 3.98. The number of hydrogen-bond acceptors (Lipinski definition) is 5. The molecule has 0 saturated carbocycles. The number of furan rings is 1. The van der Waals surface area contributed by atoms with Crippen molar-refractivity contribution in [3.05, 3.63) is 66.4 Å². The molecule has 1 N–H and O–H groups in total. The van der Waals surface area contributed by atoms with Crippen molar-refractivity contribution in [1.29, 1.82) is 0 Å². The lowest BCUT2D eigenvalue weighted by atomic mass is 10.1. The van der Waals surface area contributed by atoms with E-state index in [1.807, 2.05) is 24.4 Å². The van der Waals surface area contributed by atoms with Crippen molar-refractivity contribution in [2.24, 2.45) is 0 Å². The molecule has 1 aliphatic heterocycles. The number of nitrogens with one attached hydrogen (secondary N) is 1. The van der Waals surface area contributed by atoms with Crippen LogP contribution in [0.1, 0.15) is 22.2 Å². The van der Waals surface area contributed by atoms with Crippen LogP contribution in [0.2, 0.25) is 0 Å². The summed E-state index contributed by atoms with van der Waals surface area (Å²) < 4.78 is 18.4. The summed E-state index contributed by atoms with van der Waals surface area (Å²) in [7, 11) is 0. The maximum Gasteiger partial charge on any atom is 0.255 e. The second kappa shape index (κ2) is 6.72. The van der Waals surface area contributed by atoms with E-state index in [0.717, 1.165) is 5.76 Å². The predicted molar refractivity (Wildman–Crippen MR) is 88.8 cm³/mol. The summed E-state index contributed by atoms with van der Waals surface area (Å²) in [5.41, 5.74) is 0.455. The molecule has 3 heterocycles. The Bertz CT molecular complexity index is 809. The summed E-state index contributed by atoms with van der Waals surface area (Å²) in [6.07, 6.45) is 5.13. The number of amides is 1. The van der Waals surface area contributed by atoms with E-state index in [1.54, 1.807) is 35.3 Å². The average molecular weight is 339 g/mol. The molecule has 7 heteroatoms. The molecule has 1 aliphatic rings. The van der Waals surface area contributed by atoms with Crippen LogP contribution >= 0.6 is 0 Å². The lowest BCUT2D eigenvalue weighted by Crippen LogP contribution is -2.32. The van der Waals surface area contributed by atoms with Gasteiger partial charge in [-0.05, 0) is 30.3 Å². The van der Waals surface area contributed by atoms with Gasteiger partial charge in [-0.2, -0.15) is 5.10 Å². The SMILES string of the molecule is O=C(NCC(c1ccco1)n1cccn1)c1cccc2c1OCCO2. The van der Waals surface area contributed by atoms with Gasteiger partial charge in [-0.3, -0.25) is 9.48 Å². The number of fused-ring (bicyclic) bond motifs is 1. The molecule has 0 saturated heterocycles. The Balaban J connectivity index is 1.53. The molecule has 1 unspecified atom stereocenters. The van der Waals surface area contributed by atoms with Gasteiger partial charge in [-0.15, -0.1) is 0 Å². The molecule has 0 radical (unpaired) electrons. The van der Waals surface area contributed by atoms with Crippen molar-refractivity contribution < 1.29 is 18.7 Å². The van der Waals surface area contributed by atoms with Gasteiger partial charge in [-0.1, -0.05) is 6.07 Å². The smallest absolute Gasteiger partial charge is 0.255 e. The monoisotopic (exact) mass is 339 g/mol. The first-order chi connectivity index (χ1) is 12.3. The molecule has 0 spiro atoms. The van der Waals surface area contributed by atoms with Crippen LogP contribution in [0.15, 0.2) is 59.5 Å². The summed E-state index contributed by atoms with van der Waals surface area (Å²) in [5, 5.41) is 7.18. The molecule has 4 rings (SSSR count). The van der Waals surface area contributed by atoms with Crippen LogP contribution in [0.5, 0.6) is 11.5 Å². The molecule has 2 aromatic heterocycles. The summed E-state index contributed by atoms with van der Waals surface area (Å²) >= 11 is 0. The van der Waals surface area contributed by atoms with Crippen molar-refractivity contribution in [2.45, 2.75) is 6.04 Å².